The summed E-state index contributed by atoms with van der Waals surface area (Å²) in [5.41, 5.74) is 1.80. The molecule has 1 aromatic heterocycles. The predicted octanol–water partition coefficient (Wildman–Crippen LogP) is 0.666. The van der Waals surface area contributed by atoms with E-state index in [-0.39, 0.29) is 5.78 Å². The van der Waals surface area contributed by atoms with Gasteiger partial charge in [-0.15, -0.1) is 0 Å². The molecule has 6 nitrogen and oxygen atoms in total. The molecular weight excluding hydrogens is 280 g/mol. The van der Waals surface area contributed by atoms with E-state index in [4.69, 9.17) is 13.0 Å². The molecular formula is C13H16N2O4S. The van der Waals surface area contributed by atoms with Crippen LogP contribution >= 0.6 is 0 Å². The van der Waals surface area contributed by atoms with Crippen LogP contribution in [0.4, 0.5) is 0 Å². The monoisotopic (exact) mass is 296 g/mol. The van der Waals surface area contributed by atoms with E-state index in [9.17, 15) is 4.79 Å². The van der Waals surface area contributed by atoms with Crippen molar-refractivity contribution in [3.63, 3.8) is 0 Å². The number of benzene rings is 1. The number of hydrogen-bond donors (Lipinski definition) is 0. The Morgan fingerprint density at radius 2 is 1.75 bits per heavy atom. The molecule has 2 aromatic rings. The number of nitrogens with zero attached hydrogens (tertiary/aromatic N) is 2. The highest BCUT2D eigenvalue weighted by molar-refractivity contribution is 7.84. The van der Waals surface area contributed by atoms with Gasteiger partial charge in [0.2, 0.25) is 6.33 Å². The third-order valence-electron chi connectivity index (χ3n) is 2.34. The van der Waals surface area contributed by atoms with Gasteiger partial charge in [-0.1, -0.05) is 0 Å². The molecule has 0 unspecified atom stereocenters. The highest BCUT2D eigenvalue weighted by Gasteiger charge is 2.04. The van der Waals surface area contributed by atoms with Crippen molar-refractivity contribution >= 4 is 15.9 Å². The van der Waals surface area contributed by atoms with E-state index in [0.29, 0.717) is 6.26 Å². The molecule has 0 saturated heterocycles. The van der Waals surface area contributed by atoms with E-state index in [1.165, 1.54) is 0 Å². The smallest absolute Gasteiger partial charge is 0.248 e. The molecule has 0 spiro atoms. The van der Waals surface area contributed by atoms with Gasteiger partial charge in [0.25, 0.3) is 0 Å². The molecule has 0 bridgehead atoms. The summed E-state index contributed by atoms with van der Waals surface area (Å²) in [6, 6.07) is 7.57. The Hall–Kier alpha value is -1.99. The summed E-state index contributed by atoms with van der Waals surface area (Å²) in [4.78, 5) is 11.1. The normalized spacial score (nSPS) is 10.6. The maximum absolute atomic E-state index is 11.1. The zero-order valence-corrected chi connectivity index (χ0v) is 12.3. The molecule has 7 heteroatoms. The zero-order chi connectivity index (χ0) is 15.3. The van der Waals surface area contributed by atoms with Crippen molar-refractivity contribution in [3.05, 3.63) is 48.5 Å². The molecule has 1 aromatic carbocycles. The summed E-state index contributed by atoms with van der Waals surface area (Å²) in [5, 5.41) is 0. The third-order valence-corrected chi connectivity index (χ3v) is 2.34. The SMILES string of the molecule is CC(=O)c1ccc(-n2cc[n+](C)c2)cc1.CS(=O)(=O)[O-]. The number of ketones is 1. The first kappa shape index (κ1) is 16.1. The summed E-state index contributed by atoms with van der Waals surface area (Å²) in [5.74, 6) is 0.0969. The van der Waals surface area contributed by atoms with Crippen LogP contribution in [0.5, 0.6) is 0 Å². The Balaban J connectivity index is 0.000000347. The standard InChI is InChI=1S/C12H13N2O.CH4O3S/c1-10(15)11-3-5-12(6-4-11)14-8-7-13(2)9-14;1-5(2,3)4/h3-9H,1-2H3;1H3,(H,2,3,4)/q+1;/p-1. The molecule has 2 rings (SSSR count). The van der Waals surface area contributed by atoms with Gasteiger partial charge in [-0.25, -0.2) is 17.6 Å². The molecule has 0 aliphatic heterocycles. The maximum Gasteiger partial charge on any atom is 0.248 e. The summed E-state index contributed by atoms with van der Waals surface area (Å²) in [6.45, 7) is 1.57. The minimum absolute atomic E-state index is 0.0969. The zero-order valence-electron chi connectivity index (χ0n) is 11.5. The first-order chi connectivity index (χ1) is 9.16. The van der Waals surface area contributed by atoms with Crippen LogP contribution in [-0.2, 0) is 17.2 Å². The molecule has 0 saturated carbocycles. The number of aromatic nitrogens is 2. The molecule has 0 fully saturated rings. The Bertz CT molecular complexity index is 679. The lowest BCUT2D eigenvalue weighted by atomic mass is 10.1. The van der Waals surface area contributed by atoms with Gasteiger partial charge in [-0.05, 0) is 31.2 Å². The van der Waals surface area contributed by atoms with Gasteiger partial charge in [-0.3, -0.25) is 4.79 Å². The van der Waals surface area contributed by atoms with Crippen molar-refractivity contribution < 1.29 is 22.3 Å². The summed E-state index contributed by atoms with van der Waals surface area (Å²) >= 11 is 0. The average Bonchev–Trinajstić information content (AvgIpc) is 2.74. The number of Topliss-reactive ketones (excluding diaryl/α,β-unsaturated/α-hetero) is 1. The van der Waals surface area contributed by atoms with E-state index >= 15 is 0 Å². The first-order valence-corrected chi connectivity index (χ1v) is 7.54. The lowest BCUT2D eigenvalue weighted by Crippen LogP contribution is -2.23. The second-order valence-electron chi connectivity index (χ2n) is 4.29. The molecule has 0 atom stereocenters. The van der Waals surface area contributed by atoms with Gasteiger partial charge in [0.1, 0.15) is 18.1 Å². The quantitative estimate of drug-likeness (QED) is 0.463. The van der Waals surface area contributed by atoms with Crippen LogP contribution in [-0.4, -0.2) is 29.6 Å². The van der Waals surface area contributed by atoms with E-state index < -0.39 is 10.1 Å². The van der Waals surface area contributed by atoms with Gasteiger partial charge in [0, 0.05) is 11.8 Å². The van der Waals surface area contributed by atoms with Crippen molar-refractivity contribution in [2.24, 2.45) is 7.05 Å². The molecule has 0 radical (unpaired) electrons. The van der Waals surface area contributed by atoms with E-state index in [0.717, 1.165) is 11.3 Å². The number of rotatable bonds is 2. The van der Waals surface area contributed by atoms with Crippen LogP contribution in [0.1, 0.15) is 17.3 Å². The lowest BCUT2D eigenvalue weighted by molar-refractivity contribution is -0.670. The molecule has 0 aliphatic rings. The van der Waals surface area contributed by atoms with Crippen molar-refractivity contribution in [2.45, 2.75) is 6.92 Å². The molecule has 0 amide bonds. The number of hydrogen-bond acceptors (Lipinski definition) is 4. The fourth-order valence-electron chi connectivity index (χ4n) is 1.47. The molecule has 0 N–H and O–H groups in total. The second kappa shape index (κ2) is 6.44. The van der Waals surface area contributed by atoms with Crippen molar-refractivity contribution in [3.8, 4) is 5.69 Å². The molecule has 20 heavy (non-hydrogen) atoms. The Morgan fingerprint density at radius 3 is 2.10 bits per heavy atom. The Kier molecular flexibility index (Phi) is 5.18. The first-order valence-electron chi connectivity index (χ1n) is 5.72. The largest absolute Gasteiger partial charge is 0.748 e. The summed E-state index contributed by atoms with van der Waals surface area (Å²) in [6.07, 6.45) is 6.53. The number of imidazole rings is 1. The Labute approximate surface area is 118 Å². The minimum Gasteiger partial charge on any atom is -0.748 e. The predicted molar refractivity (Wildman–Crippen MR) is 72.6 cm³/mol. The van der Waals surface area contributed by atoms with Gasteiger partial charge in [-0.2, -0.15) is 0 Å². The van der Waals surface area contributed by atoms with E-state index in [1.54, 1.807) is 6.92 Å². The number of aryl methyl sites for hydroxylation is 1. The van der Waals surface area contributed by atoms with Gasteiger partial charge in [0.15, 0.2) is 5.78 Å². The van der Waals surface area contributed by atoms with Crippen LogP contribution in [0.15, 0.2) is 43.0 Å². The average molecular weight is 296 g/mol. The van der Waals surface area contributed by atoms with E-state index in [2.05, 4.69) is 0 Å². The van der Waals surface area contributed by atoms with Crippen molar-refractivity contribution in [1.29, 1.82) is 0 Å². The summed E-state index contributed by atoms with van der Waals surface area (Å²) in [7, 11) is -1.94. The number of carbonyl (C=O) groups excluding carboxylic acids is 1. The fourth-order valence-corrected chi connectivity index (χ4v) is 1.47. The molecule has 0 aliphatic carbocycles. The van der Waals surface area contributed by atoms with Crippen LogP contribution in [0, 0.1) is 0 Å². The third kappa shape index (κ3) is 5.77. The van der Waals surface area contributed by atoms with Gasteiger partial charge >= 0.3 is 0 Å². The maximum atomic E-state index is 11.1. The lowest BCUT2D eigenvalue weighted by Gasteiger charge is -1.97. The fraction of sp³-hybridized carbons (Fsp3) is 0.231. The van der Waals surface area contributed by atoms with Crippen LogP contribution in [0.25, 0.3) is 5.69 Å². The van der Waals surface area contributed by atoms with Crippen LogP contribution in [0.3, 0.4) is 0 Å². The molecule has 108 valence electrons. The molecule has 1 heterocycles. The van der Waals surface area contributed by atoms with Crippen molar-refractivity contribution in [1.82, 2.24) is 4.57 Å². The van der Waals surface area contributed by atoms with E-state index in [1.807, 2.05) is 59.2 Å². The second-order valence-corrected chi connectivity index (χ2v) is 5.70. The Morgan fingerprint density at radius 1 is 1.25 bits per heavy atom. The summed E-state index contributed by atoms with van der Waals surface area (Å²) < 4.78 is 31.2. The van der Waals surface area contributed by atoms with Crippen LogP contribution < -0.4 is 4.57 Å². The van der Waals surface area contributed by atoms with Crippen molar-refractivity contribution in [2.75, 3.05) is 6.26 Å². The highest BCUT2D eigenvalue weighted by Crippen LogP contribution is 2.08. The van der Waals surface area contributed by atoms with Gasteiger partial charge in [0.05, 0.1) is 17.2 Å². The van der Waals surface area contributed by atoms with Crippen LogP contribution in [0.2, 0.25) is 0 Å². The topological polar surface area (TPSA) is 83.1 Å². The number of carbonyl (C=O) groups is 1. The van der Waals surface area contributed by atoms with Gasteiger partial charge < -0.3 is 4.55 Å². The minimum atomic E-state index is -3.92. The highest BCUT2D eigenvalue weighted by atomic mass is 32.2.